The smallest absolute Gasteiger partial charge is 0.231 e. The van der Waals surface area contributed by atoms with Crippen LogP contribution < -0.4 is 0 Å². The molecule has 0 heterocycles. The van der Waals surface area contributed by atoms with Crippen LogP contribution in [0.5, 0.6) is 0 Å². The van der Waals surface area contributed by atoms with E-state index in [1.165, 1.54) is 0 Å². The first kappa shape index (κ1) is 60.1. The van der Waals surface area contributed by atoms with Crippen LogP contribution in [0, 0.1) is 5.41 Å². The van der Waals surface area contributed by atoms with Crippen LogP contribution in [0.4, 0.5) is 0 Å². The zero-order chi connectivity index (χ0) is 2.71. The van der Waals surface area contributed by atoms with Crippen molar-refractivity contribution < 1.29 is 21.2 Å². The minimum Gasteiger partial charge on any atom is -0.412 e. The van der Waals surface area contributed by atoms with Crippen molar-refractivity contribution >= 4 is 6.08 Å². The van der Waals surface area contributed by atoms with E-state index in [0.717, 1.165) is 6.08 Å². The van der Waals surface area contributed by atoms with E-state index in [4.69, 9.17) is 10.2 Å². The number of nitrogens with one attached hydrogen (secondary N) is 1. The third-order valence-electron chi connectivity index (χ3n) is 0. The van der Waals surface area contributed by atoms with Crippen LogP contribution >= 0.6 is 0 Å². The molecule has 5 nitrogen and oxygen atoms in total. The monoisotopic (exact) mass is 97.0 g/mol. The summed E-state index contributed by atoms with van der Waals surface area (Å²) in [5, 5.41) is 5.40. The van der Waals surface area contributed by atoms with Crippen molar-refractivity contribution in [2.75, 3.05) is 0 Å². The Labute approximate surface area is 34.0 Å². The molecule has 0 aromatic heterocycles. The summed E-state index contributed by atoms with van der Waals surface area (Å²) in [6.45, 7) is 0. The Morgan fingerprint density at radius 2 is 1.17 bits per heavy atom. The van der Waals surface area contributed by atoms with Gasteiger partial charge in [-0.25, -0.2) is 10.2 Å². The highest BCUT2D eigenvalue weighted by Gasteiger charge is 1.03. The van der Waals surface area contributed by atoms with Gasteiger partial charge in [0.15, 0.2) is 0 Å². The number of carbonyl (C=O) groups excluding carboxylic acids is 1. The molecule has 0 aliphatic rings. The fourth-order valence-corrected chi connectivity index (χ4v) is 0. The quantitative estimate of drug-likeness (QED) is 0.258. The molecule has 0 bridgehead atoms. The van der Waals surface area contributed by atoms with Crippen LogP contribution in [-0.2, 0) is 4.79 Å². The van der Waals surface area contributed by atoms with Crippen molar-refractivity contribution in [2.45, 2.75) is 0 Å². The van der Waals surface area contributed by atoms with Gasteiger partial charge in [-0.3, -0.25) is 0 Å². The second-order valence-electron chi connectivity index (χ2n) is 0.102. The molecule has 0 saturated heterocycles. The lowest BCUT2D eigenvalue weighted by atomic mass is 11.7. The van der Waals surface area contributed by atoms with Crippen molar-refractivity contribution in [3.05, 3.63) is 0 Å². The van der Waals surface area contributed by atoms with Gasteiger partial charge >= 0.3 is 0 Å². The summed E-state index contributed by atoms with van der Waals surface area (Å²) in [6, 6.07) is 0. The summed E-state index contributed by atoms with van der Waals surface area (Å²) >= 11 is 0. The second kappa shape index (κ2) is 670. The fourth-order valence-electron chi connectivity index (χ4n) is 0. The maximum atomic E-state index is 8.35. The zero-order valence-corrected chi connectivity index (χ0v) is 2.91. The number of rotatable bonds is 0. The summed E-state index contributed by atoms with van der Waals surface area (Å²) in [5.74, 6) is 0. The highest BCUT2D eigenvalue weighted by atomic mass is 16.1. The average molecular weight is 97.1 g/mol. The Hall–Kier alpha value is -0.740. The lowest BCUT2D eigenvalue weighted by Gasteiger charge is -1.02. The molecular formula is CH7NO4. The van der Waals surface area contributed by atoms with Crippen molar-refractivity contribution in [2.24, 2.45) is 0 Å². The van der Waals surface area contributed by atoms with Crippen molar-refractivity contribution in [3.8, 4) is 0 Å². The molecule has 0 aliphatic carbocycles. The van der Waals surface area contributed by atoms with Crippen molar-refractivity contribution in [1.82, 2.24) is 0 Å². The molecule has 0 rings (SSSR count). The Balaban J connectivity index is -0.00000000667. The van der Waals surface area contributed by atoms with Gasteiger partial charge in [0.25, 0.3) is 0 Å². The van der Waals surface area contributed by atoms with Gasteiger partial charge in [-0.2, -0.15) is 0 Å². The Morgan fingerprint density at radius 1 is 1.17 bits per heavy atom. The Morgan fingerprint density at radius 3 is 1.17 bits per heavy atom. The van der Waals surface area contributed by atoms with Gasteiger partial charge in [0.05, 0.1) is 0 Å². The molecule has 0 unspecified atom stereocenters. The molecule has 7 N–H and O–H groups in total. The van der Waals surface area contributed by atoms with Gasteiger partial charge in [-0.15, -0.1) is 0 Å². The van der Waals surface area contributed by atoms with Crippen molar-refractivity contribution in [3.63, 3.8) is 0 Å². The number of hydrogen-bond donors (Lipinski definition) is 1. The normalized spacial score (nSPS) is 1.33. The first-order chi connectivity index (χ1) is 1.41. The van der Waals surface area contributed by atoms with Crippen molar-refractivity contribution in [1.29, 1.82) is 5.41 Å². The number of hydrogen-bond acceptors (Lipinski definition) is 2. The van der Waals surface area contributed by atoms with E-state index in [2.05, 4.69) is 0 Å². The van der Waals surface area contributed by atoms with E-state index < -0.39 is 0 Å². The molecular weight excluding hydrogens is 90.0 g/mol. The largest absolute Gasteiger partial charge is 0.412 e. The molecule has 0 aliphatic heterocycles. The molecule has 5 heteroatoms. The predicted octanol–water partition coefficient (Wildman–Crippen LogP) is -2.57. The molecule has 0 radical (unpaired) electrons. The number of isocyanates is 1. The summed E-state index contributed by atoms with van der Waals surface area (Å²) < 4.78 is 0. The molecule has 0 atom stereocenters. The summed E-state index contributed by atoms with van der Waals surface area (Å²) in [4.78, 5) is 8.35. The molecule has 6 heavy (non-hydrogen) atoms. The topological polar surface area (TPSA) is 135 Å². The first-order valence-electron chi connectivity index (χ1n) is 0.454. The third kappa shape index (κ3) is 30.4. The first-order valence-corrected chi connectivity index (χ1v) is 0.454. The molecule has 0 aromatic carbocycles. The van der Waals surface area contributed by atoms with E-state index in [-0.39, 0.29) is 16.4 Å². The second-order valence-corrected chi connectivity index (χ2v) is 0.102. The van der Waals surface area contributed by atoms with Crippen LogP contribution in [0.15, 0.2) is 0 Å². The van der Waals surface area contributed by atoms with Gasteiger partial charge in [-0.1, -0.05) is 0 Å². The van der Waals surface area contributed by atoms with E-state index in [1.54, 1.807) is 0 Å². The van der Waals surface area contributed by atoms with Gasteiger partial charge in [-0.05, 0) is 0 Å². The molecule has 40 valence electrons. The van der Waals surface area contributed by atoms with Gasteiger partial charge in [0.1, 0.15) is 0 Å². The standard InChI is InChI=1S/CHNO.3H2O/c2-1-3;;;/h2H;3*1H2. The van der Waals surface area contributed by atoms with Crippen LogP contribution in [0.2, 0.25) is 0 Å². The highest BCUT2D eigenvalue weighted by Crippen LogP contribution is 0.868. The molecule has 0 aromatic rings. The van der Waals surface area contributed by atoms with Crippen LogP contribution in [-0.4, -0.2) is 22.5 Å². The minimum absolute atomic E-state index is 0. The van der Waals surface area contributed by atoms with Crippen LogP contribution in [0.25, 0.3) is 0 Å². The minimum atomic E-state index is 0. The van der Waals surface area contributed by atoms with E-state index in [0.29, 0.717) is 0 Å². The van der Waals surface area contributed by atoms with Gasteiger partial charge in [0, 0.05) is 0 Å². The fraction of sp³-hybridized carbons (Fsp3) is 0. The molecule has 0 spiro atoms. The molecule has 0 amide bonds. The van der Waals surface area contributed by atoms with E-state index in [1.807, 2.05) is 0 Å². The Bertz CT molecular complexity index is 28.5. The average Bonchev–Trinajstić information content (AvgIpc) is 0.918. The maximum Gasteiger partial charge on any atom is 0.231 e. The van der Waals surface area contributed by atoms with E-state index in [9.17, 15) is 0 Å². The van der Waals surface area contributed by atoms with Crippen LogP contribution in [0.3, 0.4) is 0 Å². The SMILES string of the molecule is N=C=O.O.O.O. The van der Waals surface area contributed by atoms with E-state index >= 15 is 0 Å². The zero-order valence-electron chi connectivity index (χ0n) is 2.91. The Kier molecular flexibility index (Phi) is 6710. The summed E-state index contributed by atoms with van der Waals surface area (Å²) in [7, 11) is 0. The van der Waals surface area contributed by atoms with Crippen LogP contribution in [0.1, 0.15) is 0 Å². The van der Waals surface area contributed by atoms with Gasteiger partial charge in [0.2, 0.25) is 6.08 Å². The lowest BCUT2D eigenvalue weighted by Crippen LogP contribution is -1.16. The maximum absolute atomic E-state index is 8.35. The third-order valence-corrected chi connectivity index (χ3v) is 0. The predicted molar refractivity (Wildman–Crippen MR) is 19.3 cm³/mol. The van der Waals surface area contributed by atoms with Gasteiger partial charge < -0.3 is 16.4 Å². The summed E-state index contributed by atoms with van der Waals surface area (Å²) in [5.41, 5.74) is 0. The highest BCUT2D eigenvalue weighted by molar-refractivity contribution is 5.26. The molecule has 0 saturated carbocycles. The summed E-state index contributed by atoms with van der Waals surface area (Å²) in [6.07, 6.45) is 0.750. The molecule has 0 fully saturated rings. The lowest BCUT2D eigenvalue weighted by molar-refractivity contribution is 0.563.